The van der Waals surface area contributed by atoms with Crippen LogP contribution in [0.3, 0.4) is 0 Å². The number of aryl methyl sites for hydroxylation is 2. The Morgan fingerprint density at radius 1 is 1.40 bits per heavy atom. The molecule has 8 heteroatoms. The molecular formula is C17H19FN6O. The van der Waals surface area contributed by atoms with Crippen molar-refractivity contribution in [3.63, 3.8) is 0 Å². The molecule has 1 N–H and O–H groups in total. The van der Waals surface area contributed by atoms with E-state index in [0.717, 1.165) is 25.2 Å². The van der Waals surface area contributed by atoms with Crippen molar-refractivity contribution >= 4 is 0 Å². The van der Waals surface area contributed by atoms with Crippen LogP contribution >= 0.6 is 0 Å². The predicted octanol–water partition coefficient (Wildman–Crippen LogP) is 2.44. The van der Waals surface area contributed by atoms with E-state index in [-0.39, 0.29) is 17.9 Å². The van der Waals surface area contributed by atoms with Crippen LogP contribution in [0.2, 0.25) is 0 Å². The third-order valence-corrected chi connectivity index (χ3v) is 4.53. The van der Waals surface area contributed by atoms with E-state index < -0.39 is 0 Å². The Hall–Kier alpha value is -2.61. The molecule has 0 spiro atoms. The van der Waals surface area contributed by atoms with Crippen LogP contribution in [-0.4, -0.2) is 30.9 Å². The third kappa shape index (κ3) is 3.17. The molecule has 3 heterocycles. The van der Waals surface area contributed by atoms with Gasteiger partial charge >= 0.3 is 0 Å². The maximum atomic E-state index is 13.7. The van der Waals surface area contributed by atoms with E-state index in [4.69, 9.17) is 4.52 Å². The van der Waals surface area contributed by atoms with E-state index in [1.54, 1.807) is 25.4 Å². The molecule has 0 radical (unpaired) electrons. The first-order chi connectivity index (χ1) is 12.1. The number of fused-ring (bicyclic) bond motifs is 1. The number of halogens is 1. The molecule has 25 heavy (non-hydrogen) atoms. The van der Waals surface area contributed by atoms with Gasteiger partial charge in [-0.05, 0) is 31.9 Å². The van der Waals surface area contributed by atoms with Gasteiger partial charge in [-0.2, -0.15) is 10.1 Å². The van der Waals surface area contributed by atoms with Crippen LogP contribution < -0.4 is 5.32 Å². The summed E-state index contributed by atoms with van der Waals surface area (Å²) in [7, 11) is 0. The molecule has 1 aromatic carbocycles. The van der Waals surface area contributed by atoms with Crippen molar-refractivity contribution in [2.45, 2.75) is 45.3 Å². The van der Waals surface area contributed by atoms with Crippen LogP contribution in [0.5, 0.6) is 0 Å². The van der Waals surface area contributed by atoms with Crippen molar-refractivity contribution in [3.8, 4) is 11.4 Å². The van der Waals surface area contributed by atoms with Crippen LogP contribution in [-0.2, 0) is 13.0 Å². The van der Waals surface area contributed by atoms with Gasteiger partial charge in [0.15, 0.2) is 0 Å². The molecule has 2 atom stereocenters. The summed E-state index contributed by atoms with van der Waals surface area (Å²) in [6.45, 7) is 4.46. The highest BCUT2D eigenvalue weighted by Gasteiger charge is 2.24. The first-order valence-electron chi connectivity index (χ1n) is 8.33. The van der Waals surface area contributed by atoms with Crippen LogP contribution in [0.15, 0.2) is 29.0 Å². The van der Waals surface area contributed by atoms with Crippen molar-refractivity contribution in [3.05, 3.63) is 47.6 Å². The Bertz CT molecular complexity index is 889. The van der Waals surface area contributed by atoms with Gasteiger partial charge in [-0.25, -0.2) is 14.1 Å². The fraction of sp³-hybridized carbons (Fsp3) is 0.412. The highest BCUT2D eigenvalue weighted by Crippen LogP contribution is 2.22. The lowest BCUT2D eigenvalue weighted by molar-refractivity contribution is 0.288. The summed E-state index contributed by atoms with van der Waals surface area (Å²) in [5.41, 5.74) is 1.20. The van der Waals surface area contributed by atoms with E-state index in [1.165, 1.54) is 6.07 Å². The maximum Gasteiger partial charge on any atom is 0.243 e. The third-order valence-electron chi connectivity index (χ3n) is 4.53. The number of hydrogen-bond acceptors (Lipinski definition) is 6. The zero-order valence-electron chi connectivity index (χ0n) is 14.1. The van der Waals surface area contributed by atoms with Gasteiger partial charge < -0.3 is 9.84 Å². The molecule has 2 unspecified atom stereocenters. The Morgan fingerprint density at radius 3 is 3.12 bits per heavy atom. The van der Waals surface area contributed by atoms with E-state index in [0.29, 0.717) is 22.8 Å². The second-order valence-electron chi connectivity index (χ2n) is 6.40. The number of aromatic nitrogens is 5. The van der Waals surface area contributed by atoms with Gasteiger partial charge in [0.25, 0.3) is 0 Å². The van der Waals surface area contributed by atoms with Gasteiger partial charge in [0.05, 0.1) is 12.6 Å². The largest absolute Gasteiger partial charge is 0.337 e. The van der Waals surface area contributed by atoms with Gasteiger partial charge in [0.2, 0.25) is 11.7 Å². The fourth-order valence-corrected chi connectivity index (χ4v) is 3.06. The van der Waals surface area contributed by atoms with Gasteiger partial charge in [0, 0.05) is 18.0 Å². The molecule has 0 saturated carbocycles. The first-order valence-corrected chi connectivity index (χ1v) is 8.33. The number of nitrogens with zero attached hydrogens (tertiary/aromatic N) is 5. The quantitative estimate of drug-likeness (QED) is 0.784. The van der Waals surface area contributed by atoms with Crippen molar-refractivity contribution < 1.29 is 8.91 Å². The minimum absolute atomic E-state index is 0.105. The van der Waals surface area contributed by atoms with E-state index in [9.17, 15) is 4.39 Å². The minimum Gasteiger partial charge on any atom is -0.337 e. The summed E-state index contributed by atoms with van der Waals surface area (Å²) < 4.78 is 21.0. The molecular weight excluding hydrogens is 323 g/mol. The molecule has 130 valence electrons. The standard InChI is InChI=1S/C17H19FN6O/c1-10-3-4-12(7-14(10)18)16-22-17(25-23-16)11(2)21-13-5-6-15-19-9-20-24(15)8-13/h3-4,7,9,11,13,21H,5-6,8H2,1-2H3. The lowest BCUT2D eigenvalue weighted by Crippen LogP contribution is -2.39. The Kier molecular flexibility index (Phi) is 4.04. The van der Waals surface area contributed by atoms with E-state index in [1.807, 2.05) is 11.6 Å². The molecule has 0 bridgehead atoms. The smallest absolute Gasteiger partial charge is 0.243 e. The molecule has 0 aliphatic carbocycles. The first kappa shape index (κ1) is 15.9. The number of rotatable bonds is 4. The lowest BCUT2D eigenvalue weighted by atomic mass is 10.1. The van der Waals surface area contributed by atoms with Crippen LogP contribution in [0.1, 0.15) is 36.7 Å². The molecule has 0 amide bonds. The molecule has 3 aromatic rings. The highest BCUT2D eigenvalue weighted by molar-refractivity contribution is 5.54. The Labute approximate surface area is 144 Å². The summed E-state index contributed by atoms with van der Waals surface area (Å²) in [6.07, 6.45) is 3.46. The summed E-state index contributed by atoms with van der Waals surface area (Å²) in [5, 5.41) is 11.7. The van der Waals surface area contributed by atoms with Gasteiger partial charge in [-0.1, -0.05) is 17.3 Å². The van der Waals surface area contributed by atoms with Crippen LogP contribution in [0, 0.1) is 12.7 Å². The molecule has 0 fully saturated rings. The van der Waals surface area contributed by atoms with E-state index >= 15 is 0 Å². The molecule has 0 saturated heterocycles. The summed E-state index contributed by atoms with van der Waals surface area (Å²) in [4.78, 5) is 8.64. The maximum absolute atomic E-state index is 13.7. The molecule has 1 aliphatic rings. The van der Waals surface area contributed by atoms with Crippen molar-refractivity contribution in [1.82, 2.24) is 30.2 Å². The van der Waals surface area contributed by atoms with Gasteiger partial charge in [-0.3, -0.25) is 0 Å². The molecule has 2 aromatic heterocycles. The monoisotopic (exact) mass is 342 g/mol. The molecule has 1 aliphatic heterocycles. The zero-order chi connectivity index (χ0) is 17.4. The Morgan fingerprint density at radius 2 is 2.28 bits per heavy atom. The number of nitrogens with one attached hydrogen (secondary N) is 1. The average Bonchev–Trinajstić information content (AvgIpc) is 3.26. The topological polar surface area (TPSA) is 81.7 Å². The lowest BCUT2D eigenvalue weighted by Gasteiger charge is -2.25. The SMILES string of the molecule is Cc1ccc(-c2noc(C(C)NC3CCc4ncnn4C3)n2)cc1F. The summed E-state index contributed by atoms with van der Waals surface area (Å²) in [5.74, 6) is 1.62. The van der Waals surface area contributed by atoms with Crippen LogP contribution in [0.25, 0.3) is 11.4 Å². The van der Waals surface area contributed by atoms with Crippen molar-refractivity contribution in [2.24, 2.45) is 0 Å². The number of hydrogen-bond donors (Lipinski definition) is 1. The van der Waals surface area contributed by atoms with Crippen LogP contribution in [0.4, 0.5) is 4.39 Å². The summed E-state index contributed by atoms with van der Waals surface area (Å²) >= 11 is 0. The van der Waals surface area contributed by atoms with Gasteiger partial charge in [0.1, 0.15) is 18.0 Å². The normalized spacial score (nSPS) is 18.1. The zero-order valence-corrected chi connectivity index (χ0v) is 14.1. The second-order valence-corrected chi connectivity index (χ2v) is 6.40. The Balaban J connectivity index is 1.45. The fourth-order valence-electron chi connectivity index (χ4n) is 3.06. The highest BCUT2D eigenvalue weighted by atomic mass is 19.1. The predicted molar refractivity (Wildman–Crippen MR) is 88.1 cm³/mol. The van der Waals surface area contributed by atoms with E-state index in [2.05, 4.69) is 25.5 Å². The molecule has 4 rings (SSSR count). The minimum atomic E-state index is -0.277. The second kappa shape index (κ2) is 6.36. The summed E-state index contributed by atoms with van der Waals surface area (Å²) in [6, 6.07) is 5.08. The average molecular weight is 342 g/mol. The van der Waals surface area contributed by atoms with Gasteiger partial charge in [-0.15, -0.1) is 0 Å². The molecule has 7 nitrogen and oxygen atoms in total. The number of benzene rings is 1. The van der Waals surface area contributed by atoms with Crippen molar-refractivity contribution in [1.29, 1.82) is 0 Å². The van der Waals surface area contributed by atoms with Crippen molar-refractivity contribution in [2.75, 3.05) is 0 Å².